The van der Waals surface area contributed by atoms with Crippen molar-refractivity contribution in [3.63, 3.8) is 0 Å². The molecule has 0 amide bonds. The Balaban J connectivity index is 1.47. The lowest BCUT2D eigenvalue weighted by Crippen LogP contribution is -2.60. The predicted octanol–water partition coefficient (Wildman–Crippen LogP) is 3.93. The van der Waals surface area contributed by atoms with Crippen LogP contribution in [0.4, 0.5) is 4.39 Å². The normalized spacial score (nSPS) is 18.5. The van der Waals surface area contributed by atoms with E-state index in [9.17, 15) is 14.0 Å². The van der Waals surface area contributed by atoms with Crippen molar-refractivity contribution in [2.75, 3.05) is 26.2 Å². The van der Waals surface area contributed by atoms with E-state index in [0.717, 1.165) is 16.8 Å². The Kier molecular flexibility index (Phi) is 5.43. The van der Waals surface area contributed by atoms with Crippen LogP contribution in [0.1, 0.15) is 43.2 Å². The smallest absolute Gasteiger partial charge is 0.198 e. The molecule has 33 heavy (non-hydrogen) atoms. The van der Waals surface area contributed by atoms with Crippen LogP contribution in [0, 0.1) is 19.7 Å². The van der Waals surface area contributed by atoms with Gasteiger partial charge in [-0.1, -0.05) is 36.4 Å². The minimum Gasteiger partial charge on any atom is -0.297 e. The lowest BCUT2D eigenvalue weighted by Gasteiger charge is -2.43. The van der Waals surface area contributed by atoms with Crippen LogP contribution >= 0.6 is 0 Å². The molecular formula is C27H26FN3O2. The molecule has 6 heteroatoms. The highest BCUT2D eigenvalue weighted by molar-refractivity contribution is 6.32. The molecule has 1 aliphatic carbocycles. The summed E-state index contributed by atoms with van der Waals surface area (Å²) in [5.74, 6) is -0.634. The van der Waals surface area contributed by atoms with Gasteiger partial charge in [0.2, 0.25) is 0 Å². The molecule has 2 aromatic carbocycles. The van der Waals surface area contributed by atoms with Crippen LogP contribution in [-0.2, 0) is 12.1 Å². The van der Waals surface area contributed by atoms with E-state index in [1.807, 2.05) is 30.9 Å². The van der Waals surface area contributed by atoms with Gasteiger partial charge in [-0.3, -0.25) is 24.4 Å². The predicted molar refractivity (Wildman–Crippen MR) is 124 cm³/mol. The van der Waals surface area contributed by atoms with Crippen LogP contribution in [0.3, 0.4) is 0 Å². The molecule has 0 N–H and O–H groups in total. The SMILES string of the molecule is Cc1cccc(C2(N3CCN(Cc4cc(F)ccc4C)CC3)C(=O)c3ccccc3C2=O)n1. The van der Waals surface area contributed by atoms with Crippen LogP contribution < -0.4 is 0 Å². The largest absolute Gasteiger partial charge is 0.297 e. The minimum absolute atomic E-state index is 0.198. The molecule has 168 valence electrons. The maximum atomic E-state index is 13.8. The second-order valence-electron chi connectivity index (χ2n) is 8.91. The average molecular weight is 444 g/mol. The number of hydrogen-bond donors (Lipinski definition) is 0. The molecule has 5 rings (SSSR count). The van der Waals surface area contributed by atoms with Crippen molar-refractivity contribution in [1.82, 2.24) is 14.8 Å². The van der Waals surface area contributed by atoms with Crippen molar-refractivity contribution in [3.8, 4) is 0 Å². The first-order valence-electron chi connectivity index (χ1n) is 11.3. The van der Waals surface area contributed by atoms with Gasteiger partial charge in [0, 0.05) is 49.5 Å². The lowest BCUT2D eigenvalue weighted by atomic mass is 9.85. The van der Waals surface area contributed by atoms with E-state index in [4.69, 9.17) is 0 Å². The summed E-state index contributed by atoms with van der Waals surface area (Å²) in [6.45, 7) is 6.89. The van der Waals surface area contributed by atoms with Crippen LogP contribution in [0.25, 0.3) is 0 Å². The summed E-state index contributed by atoms with van der Waals surface area (Å²) in [7, 11) is 0. The minimum atomic E-state index is -1.43. The number of pyridine rings is 1. The van der Waals surface area contributed by atoms with Crippen molar-refractivity contribution in [2.24, 2.45) is 0 Å². The number of nitrogens with zero attached hydrogens (tertiary/aromatic N) is 3. The van der Waals surface area contributed by atoms with E-state index in [1.54, 1.807) is 42.5 Å². The van der Waals surface area contributed by atoms with Crippen molar-refractivity contribution in [1.29, 1.82) is 0 Å². The number of piperazine rings is 1. The molecule has 1 saturated heterocycles. The highest BCUT2D eigenvalue weighted by Crippen LogP contribution is 2.42. The third-order valence-electron chi connectivity index (χ3n) is 6.88. The zero-order valence-corrected chi connectivity index (χ0v) is 18.8. The number of rotatable bonds is 4. The van der Waals surface area contributed by atoms with Gasteiger partial charge < -0.3 is 0 Å². The van der Waals surface area contributed by atoms with Gasteiger partial charge in [0.25, 0.3) is 0 Å². The summed E-state index contributed by atoms with van der Waals surface area (Å²) >= 11 is 0. The second kappa shape index (κ2) is 8.28. The number of carbonyl (C=O) groups is 2. The molecule has 1 aliphatic heterocycles. The van der Waals surface area contributed by atoms with Gasteiger partial charge >= 0.3 is 0 Å². The Hall–Kier alpha value is -3.22. The van der Waals surface area contributed by atoms with Gasteiger partial charge in [-0.25, -0.2) is 4.39 Å². The Morgan fingerprint density at radius 3 is 2.18 bits per heavy atom. The van der Waals surface area contributed by atoms with E-state index in [1.165, 1.54) is 6.07 Å². The summed E-state index contributed by atoms with van der Waals surface area (Å²) in [6.07, 6.45) is 0. The van der Waals surface area contributed by atoms with Crippen LogP contribution in [0.15, 0.2) is 60.7 Å². The monoisotopic (exact) mass is 443 g/mol. The molecule has 0 spiro atoms. The Morgan fingerprint density at radius 2 is 1.55 bits per heavy atom. The number of hydrogen-bond acceptors (Lipinski definition) is 5. The topological polar surface area (TPSA) is 53.5 Å². The van der Waals surface area contributed by atoms with Crippen LogP contribution in [-0.4, -0.2) is 52.5 Å². The van der Waals surface area contributed by atoms with Crippen molar-refractivity contribution in [3.05, 3.63) is 100 Å². The van der Waals surface area contributed by atoms with Gasteiger partial charge in [0.15, 0.2) is 17.1 Å². The van der Waals surface area contributed by atoms with Crippen LogP contribution in [0.5, 0.6) is 0 Å². The Morgan fingerprint density at radius 1 is 0.879 bits per heavy atom. The molecule has 1 aromatic heterocycles. The molecule has 0 saturated carbocycles. The molecule has 2 heterocycles. The number of aryl methyl sites for hydroxylation is 2. The molecule has 0 bridgehead atoms. The average Bonchev–Trinajstić information content (AvgIpc) is 3.05. The number of carbonyl (C=O) groups excluding carboxylic acids is 2. The third kappa shape index (κ3) is 3.50. The molecule has 0 radical (unpaired) electrons. The molecular weight excluding hydrogens is 417 g/mol. The summed E-state index contributed by atoms with van der Waals surface area (Å²) < 4.78 is 13.7. The first-order valence-corrected chi connectivity index (χ1v) is 11.3. The quantitative estimate of drug-likeness (QED) is 0.572. The van der Waals surface area contributed by atoms with E-state index in [2.05, 4.69) is 9.88 Å². The number of fused-ring (bicyclic) bond motifs is 1. The van der Waals surface area contributed by atoms with Gasteiger partial charge in [-0.05, 0) is 49.2 Å². The first-order chi connectivity index (χ1) is 15.9. The lowest BCUT2D eigenvalue weighted by molar-refractivity contribution is 0.0266. The van der Waals surface area contributed by atoms with E-state index < -0.39 is 5.54 Å². The maximum Gasteiger partial charge on any atom is 0.198 e. The summed E-state index contributed by atoms with van der Waals surface area (Å²) in [5, 5.41) is 0. The van der Waals surface area contributed by atoms with E-state index >= 15 is 0 Å². The fourth-order valence-corrected chi connectivity index (χ4v) is 5.09. The molecule has 2 aliphatic rings. The highest BCUT2D eigenvalue weighted by Gasteiger charge is 2.59. The molecule has 0 unspecified atom stereocenters. The zero-order chi connectivity index (χ0) is 23.2. The fourth-order valence-electron chi connectivity index (χ4n) is 5.09. The zero-order valence-electron chi connectivity index (χ0n) is 18.8. The number of benzene rings is 2. The van der Waals surface area contributed by atoms with Gasteiger partial charge in [0.05, 0.1) is 5.69 Å². The van der Waals surface area contributed by atoms with Crippen molar-refractivity contribution >= 4 is 11.6 Å². The Bertz CT molecular complexity index is 1210. The maximum absolute atomic E-state index is 13.8. The number of halogens is 1. The van der Waals surface area contributed by atoms with Crippen molar-refractivity contribution < 1.29 is 14.0 Å². The molecule has 0 atom stereocenters. The second-order valence-corrected chi connectivity index (χ2v) is 8.91. The summed E-state index contributed by atoms with van der Waals surface area (Å²) in [4.78, 5) is 36.6. The fraction of sp³-hybridized carbons (Fsp3) is 0.296. The van der Waals surface area contributed by atoms with E-state index in [-0.39, 0.29) is 17.4 Å². The Labute approximate surface area is 192 Å². The van der Waals surface area contributed by atoms with Crippen LogP contribution in [0.2, 0.25) is 0 Å². The number of Topliss-reactive ketones (excluding diaryl/α,β-unsaturated/α-hetero) is 2. The number of ketones is 2. The van der Waals surface area contributed by atoms with Gasteiger partial charge in [0.1, 0.15) is 5.82 Å². The van der Waals surface area contributed by atoms with Crippen molar-refractivity contribution in [2.45, 2.75) is 25.9 Å². The van der Waals surface area contributed by atoms with E-state index in [0.29, 0.717) is 49.5 Å². The molecule has 5 nitrogen and oxygen atoms in total. The molecule has 3 aromatic rings. The standard InChI is InChI=1S/C27H26FN3O2/c1-18-10-11-21(28)16-20(18)17-30-12-14-31(15-13-30)27(24-9-5-6-19(2)29-24)25(32)22-7-3-4-8-23(22)26(27)33/h3-11,16H,12-15,17H2,1-2H3. The summed E-state index contributed by atoms with van der Waals surface area (Å²) in [6, 6.07) is 17.4. The first kappa shape index (κ1) is 21.6. The summed E-state index contributed by atoms with van der Waals surface area (Å²) in [5.41, 5.74) is 2.75. The van der Waals surface area contributed by atoms with Gasteiger partial charge in [-0.2, -0.15) is 0 Å². The highest BCUT2D eigenvalue weighted by atomic mass is 19.1. The third-order valence-corrected chi connectivity index (χ3v) is 6.88. The molecule has 1 fully saturated rings. The number of aromatic nitrogens is 1. The van der Waals surface area contributed by atoms with Gasteiger partial charge in [-0.15, -0.1) is 0 Å².